The number of sulfonamides is 1. The highest BCUT2D eigenvalue weighted by molar-refractivity contribution is 7.89. The molecule has 0 radical (unpaired) electrons. The molecule has 0 bridgehead atoms. The summed E-state index contributed by atoms with van der Waals surface area (Å²) in [6.45, 7) is 0.726. The average molecular weight is 478 g/mol. The molecule has 1 N–H and O–H groups in total. The van der Waals surface area contributed by atoms with Crippen LogP contribution in [-0.2, 0) is 10.0 Å². The second kappa shape index (κ2) is 8.35. The summed E-state index contributed by atoms with van der Waals surface area (Å²) in [5, 5.41) is 10.6. The van der Waals surface area contributed by atoms with Gasteiger partial charge in [0.15, 0.2) is 0 Å². The molecule has 1 atom stereocenters. The standard InChI is InChI=1S/C22H21F3N4O3S/c1-13(22(23,24)25)28-33(30,31)16-7-8-19(27-12-16)21-18(11-26)17-10-15(32-2)6-9-20(17)29(21)14-4-3-5-14/h6-10,12-14,28H,3-5H2,1-2H3/t13-/m0/s1. The maximum Gasteiger partial charge on any atom is 0.404 e. The summed E-state index contributed by atoms with van der Waals surface area (Å²) in [5.41, 5.74) is 2.12. The number of hydrogen-bond acceptors (Lipinski definition) is 5. The van der Waals surface area contributed by atoms with E-state index in [2.05, 4.69) is 11.1 Å². The number of nitrogens with zero attached hydrogens (tertiary/aromatic N) is 3. The highest BCUT2D eigenvalue weighted by Crippen LogP contribution is 2.42. The molecule has 1 saturated carbocycles. The van der Waals surface area contributed by atoms with E-state index in [0.717, 1.165) is 37.9 Å². The summed E-state index contributed by atoms with van der Waals surface area (Å²) in [6.07, 6.45) is -0.799. The summed E-state index contributed by atoms with van der Waals surface area (Å²) in [4.78, 5) is 3.83. The molecule has 4 rings (SSSR count). The van der Waals surface area contributed by atoms with Crippen LogP contribution >= 0.6 is 0 Å². The van der Waals surface area contributed by atoms with E-state index in [1.807, 2.05) is 10.6 Å². The maximum absolute atomic E-state index is 12.8. The zero-order chi connectivity index (χ0) is 24.0. The molecule has 1 fully saturated rings. The number of alkyl halides is 3. The van der Waals surface area contributed by atoms with Gasteiger partial charge in [0.1, 0.15) is 22.8 Å². The summed E-state index contributed by atoms with van der Waals surface area (Å²) in [6, 6.07) is 8.20. The van der Waals surface area contributed by atoms with Crippen LogP contribution in [0.5, 0.6) is 5.75 Å². The van der Waals surface area contributed by atoms with E-state index in [1.54, 1.807) is 16.9 Å². The van der Waals surface area contributed by atoms with Gasteiger partial charge in [-0.1, -0.05) is 0 Å². The number of fused-ring (bicyclic) bond motifs is 1. The number of halogens is 3. The van der Waals surface area contributed by atoms with Crippen LogP contribution in [0.4, 0.5) is 13.2 Å². The van der Waals surface area contributed by atoms with Gasteiger partial charge in [-0.3, -0.25) is 4.98 Å². The molecule has 0 saturated heterocycles. The van der Waals surface area contributed by atoms with E-state index in [1.165, 1.54) is 19.2 Å². The van der Waals surface area contributed by atoms with Gasteiger partial charge in [0, 0.05) is 17.6 Å². The van der Waals surface area contributed by atoms with Gasteiger partial charge in [-0.05, 0) is 56.5 Å². The first kappa shape index (κ1) is 23.1. The molecule has 33 heavy (non-hydrogen) atoms. The van der Waals surface area contributed by atoms with Crippen molar-refractivity contribution in [2.24, 2.45) is 0 Å². The monoisotopic (exact) mass is 478 g/mol. The second-order valence-electron chi connectivity index (χ2n) is 7.94. The minimum atomic E-state index is -4.72. The molecule has 1 aromatic carbocycles. The SMILES string of the molecule is COc1ccc2c(c1)c(C#N)c(-c1ccc(S(=O)(=O)N[C@@H](C)C(F)(F)F)cn1)n2C1CCC1. The van der Waals surface area contributed by atoms with E-state index >= 15 is 0 Å². The van der Waals surface area contributed by atoms with Crippen molar-refractivity contribution in [1.29, 1.82) is 5.26 Å². The van der Waals surface area contributed by atoms with E-state index in [9.17, 15) is 26.9 Å². The summed E-state index contributed by atoms with van der Waals surface area (Å²) in [7, 11) is -2.90. The third-order valence-electron chi connectivity index (χ3n) is 5.87. The van der Waals surface area contributed by atoms with Gasteiger partial charge in [-0.25, -0.2) is 8.42 Å². The Morgan fingerprint density at radius 3 is 2.52 bits per heavy atom. The normalized spacial score (nSPS) is 15.8. The van der Waals surface area contributed by atoms with Gasteiger partial charge in [-0.2, -0.15) is 23.2 Å². The van der Waals surface area contributed by atoms with Crippen molar-refractivity contribution in [3.05, 3.63) is 42.1 Å². The molecule has 2 heterocycles. The van der Waals surface area contributed by atoms with Crippen LogP contribution in [0.15, 0.2) is 41.4 Å². The van der Waals surface area contributed by atoms with Crippen LogP contribution in [-0.4, -0.2) is 37.3 Å². The van der Waals surface area contributed by atoms with Crippen molar-refractivity contribution < 1.29 is 26.3 Å². The highest BCUT2D eigenvalue weighted by atomic mass is 32.2. The van der Waals surface area contributed by atoms with Gasteiger partial charge in [-0.15, -0.1) is 0 Å². The van der Waals surface area contributed by atoms with Gasteiger partial charge in [0.25, 0.3) is 0 Å². The topological polar surface area (TPSA) is 97.0 Å². The fraction of sp³-hybridized carbons (Fsp3) is 0.364. The van der Waals surface area contributed by atoms with Gasteiger partial charge >= 0.3 is 6.18 Å². The highest BCUT2D eigenvalue weighted by Gasteiger charge is 2.39. The van der Waals surface area contributed by atoms with E-state index < -0.39 is 27.1 Å². The number of benzene rings is 1. The zero-order valence-electron chi connectivity index (χ0n) is 17.8. The largest absolute Gasteiger partial charge is 0.497 e. The Bertz CT molecular complexity index is 1340. The number of nitriles is 1. The van der Waals surface area contributed by atoms with Crippen LogP contribution in [0.1, 0.15) is 37.8 Å². The number of nitrogens with one attached hydrogen (secondary N) is 1. The van der Waals surface area contributed by atoms with Crippen molar-refractivity contribution in [3.8, 4) is 23.2 Å². The predicted molar refractivity (Wildman–Crippen MR) is 115 cm³/mol. The van der Waals surface area contributed by atoms with E-state index in [-0.39, 0.29) is 6.04 Å². The first-order valence-corrected chi connectivity index (χ1v) is 11.7. The molecular weight excluding hydrogens is 457 g/mol. The molecule has 174 valence electrons. The van der Waals surface area contributed by atoms with Crippen LogP contribution in [0.25, 0.3) is 22.3 Å². The Balaban J connectivity index is 1.80. The fourth-order valence-electron chi connectivity index (χ4n) is 3.86. The smallest absolute Gasteiger partial charge is 0.404 e. The number of rotatable bonds is 6. The lowest BCUT2D eigenvalue weighted by atomic mass is 9.92. The van der Waals surface area contributed by atoms with Crippen LogP contribution in [0, 0.1) is 11.3 Å². The third kappa shape index (κ3) is 4.16. The van der Waals surface area contributed by atoms with Gasteiger partial charge in [0.2, 0.25) is 10.0 Å². The van der Waals surface area contributed by atoms with Crippen molar-refractivity contribution in [2.75, 3.05) is 7.11 Å². The second-order valence-corrected chi connectivity index (χ2v) is 9.65. The quantitative estimate of drug-likeness (QED) is 0.561. The van der Waals surface area contributed by atoms with Crippen molar-refractivity contribution in [3.63, 3.8) is 0 Å². The van der Waals surface area contributed by atoms with Crippen LogP contribution in [0.3, 0.4) is 0 Å². The van der Waals surface area contributed by atoms with E-state index in [4.69, 9.17) is 4.74 Å². The van der Waals surface area contributed by atoms with Crippen LogP contribution in [0.2, 0.25) is 0 Å². The summed E-state index contributed by atoms with van der Waals surface area (Å²) in [5.74, 6) is 0.593. The minimum absolute atomic E-state index is 0.164. The molecule has 0 spiro atoms. The molecule has 0 aliphatic heterocycles. The molecule has 0 amide bonds. The Labute approximate surface area is 188 Å². The fourth-order valence-corrected chi connectivity index (χ4v) is 5.03. The first-order chi connectivity index (χ1) is 15.6. The molecule has 11 heteroatoms. The predicted octanol–water partition coefficient (Wildman–Crippen LogP) is 4.54. The van der Waals surface area contributed by atoms with Gasteiger partial charge in [0.05, 0.1) is 29.6 Å². The van der Waals surface area contributed by atoms with Crippen molar-refractivity contribution >= 4 is 20.9 Å². The first-order valence-electron chi connectivity index (χ1n) is 10.2. The molecule has 1 aliphatic carbocycles. The van der Waals surface area contributed by atoms with Crippen molar-refractivity contribution in [1.82, 2.24) is 14.3 Å². The number of methoxy groups -OCH3 is 1. The molecule has 0 unspecified atom stereocenters. The Morgan fingerprint density at radius 2 is 2.00 bits per heavy atom. The minimum Gasteiger partial charge on any atom is -0.497 e. The van der Waals surface area contributed by atoms with Crippen LogP contribution < -0.4 is 9.46 Å². The maximum atomic E-state index is 12.8. The van der Waals surface area contributed by atoms with E-state index in [0.29, 0.717) is 28.1 Å². The molecule has 1 aliphatic rings. The van der Waals surface area contributed by atoms with Crippen molar-refractivity contribution in [2.45, 2.75) is 49.3 Å². The molecule has 3 aromatic rings. The lowest BCUT2D eigenvalue weighted by molar-refractivity contribution is -0.147. The average Bonchev–Trinajstić information content (AvgIpc) is 3.04. The molecule has 2 aromatic heterocycles. The molecular formula is C22H21F3N4O3S. The number of ether oxygens (including phenoxy) is 1. The Hall–Kier alpha value is -3.10. The van der Waals surface area contributed by atoms with Gasteiger partial charge < -0.3 is 9.30 Å². The lowest BCUT2D eigenvalue weighted by Crippen LogP contribution is -2.42. The Kier molecular flexibility index (Phi) is 5.84. The summed E-state index contributed by atoms with van der Waals surface area (Å²) < 4.78 is 72.1. The molecule has 7 nitrogen and oxygen atoms in total. The number of hydrogen-bond donors (Lipinski definition) is 1. The third-order valence-corrected chi connectivity index (χ3v) is 7.40. The Morgan fingerprint density at radius 1 is 1.27 bits per heavy atom. The number of aromatic nitrogens is 2. The lowest BCUT2D eigenvalue weighted by Gasteiger charge is -2.30. The zero-order valence-corrected chi connectivity index (χ0v) is 18.7. The number of pyridine rings is 1. The summed E-state index contributed by atoms with van der Waals surface area (Å²) >= 11 is 0.